The third-order valence-corrected chi connectivity index (χ3v) is 4.49. The Balaban J connectivity index is 1.80. The van der Waals surface area contributed by atoms with E-state index < -0.39 is 5.92 Å². The molecule has 4 rings (SSSR count). The highest BCUT2D eigenvalue weighted by molar-refractivity contribution is 6.05. The van der Waals surface area contributed by atoms with E-state index in [1.165, 1.54) is 18.4 Å². The highest BCUT2D eigenvalue weighted by atomic mass is 16.2. The molecular formula is C18H15N3O. The van der Waals surface area contributed by atoms with Crippen LogP contribution in [0.5, 0.6) is 0 Å². The summed E-state index contributed by atoms with van der Waals surface area (Å²) in [6, 6.07) is 9.41. The Morgan fingerprint density at radius 1 is 1.18 bits per heavy atom. The highest BCUT2D eigenvalue weighted by Gasteiger charge is 2.33. The van der Waals surface area contributed by atoms with Crippen LogP contribution in [0.15, 0.2) is 30.3 Å². The fourth-order valence-corrected chi connectivity index (χ4v) is 3.37. The van der Waals surface area contributed by atoms with Gasteiger partial charge in [0, 0.05) is 11.4 Å². The summed E-state index contributed by atoms with van der Waals surface area (Å²) < 4.78 is 0. The van der Waals surface area contributed by atoms with Gasteiger partial charge in [-0.15, -0.1) is 0 Å². The van der Waals surface area contributed by atoms with Crippen molar-refractivity contribution in [3.8, 4) is 0 Å². The number of benzene rings is 1. The molecule has 0 radical (unpaired) electrons. The average Bonchev–Trinajstić information content (AvgIpc) is 2.89. The number of nitrogens with zero attached hydrogens (tertiary/aromatic N) is 2. The van der Waals surface area contributed by atoms with Crippen LogP contribution in [0.1, 0.15) is 41.3 Å². The van der Waals surface area contributed by atoms with Crippen molar-refractivity contribution in [2.75, 3.05) is 5.32 Å². The van der Waals surface area contributed by atoms with Crippen LogP contribution in [0.25, 0.3) is 4.85 Å². The first-order chi connectivity index (χ1) is 10.8. The average molecular weight is 289 g/mol. The molecule has 108 valence electrons. The molecular weight excluding hydrogens is 274 g/mol. The molecule has 2 aliphatic rings. The van der Waals surface area contributed by atoms with Gasteiger partial charge in [0.15, 0.2) is 5.69 Å². The topological polar surface area (TPSA) is 46.4 Å². The van der Waals surface area contributed by atoms with Crippen molar-refractivity contribution in [1.82, 2.24) is 4.98 Å². The van der Waals surface area contributed by atoms with Crippen molar-refractivity contribution in [1.29, 1.82) is 0 Å². The van der Waals surface area contributed by atoms with E-state index in [1.807, 2.05) is 6.07 Å². The van der Waals surface area contributed by atoms with Crippen molar-refractivity contribution in [2.24, 2.45) is 0 Å². The fraction of sp³-hybridized carbons (Fsp3) is 0.278. The molecule has 1 unspecified atom stereocenters. The Morgan fingerprint density at radius 2 is 2.05 bits per heavy atom. The third-order valence-electron chi connectivity index (χ3n) is 4.49. The van der Waals surface area contributed by atoms with Gasteiger partial charge in [-0.05, 0) is 48.9 Å². The molecule has 0 spiro atoms. The van der Waals surface area contributed by atoms with Gasteiger partial charge in [0.25, 0.3) is 0 Å². The lowest BCUT2D eigenvalue weighted by molar-refractivity contribution is -0.116. The van der Waals surface area contributed by atoms with Crippen LogP contribution in [0.4, 0.5) is 11.4 Å². The lowest BCUT2D eigenvalue weighted by atomic mass is 9.92. The molecule has 4 heteroatoms. The number of fused-ring (bicyclic) bond motifs is 2. The third kappa shape index (κ3) is 1.98. The van der Waals surface area contributed by atoms with Gasteiger partial charge in [0.1, 0.15) is 5.92 Å². The minimum absolute atomic E-state index is 0.0552. The summed E-state index contributed by atoms with van der Waals surface area (Å²) >= 11 is 0. The molecule has 1 N–H and O–H groups in total. The monoisotopic (exact) mass is 289 g/mol. The van der Waals surface area contributed by atoms with E-state index >= 15 is 0 Å². The molecule has 22 heavy (non-hydrogen) atoms. The number of aryl methyl sites for hydroxylation is 2. The lowest BCUT2D eigenvalue weighted by Gasteiger charge is -2.17. The van der Waals surface area contributed by atoms with Crippen molar-refractivity contribution >= 4 is 17.3 Å². The molecule has 1 aromatic carbocycles. The minimum Gasteiger partial charge on any atom is -0.325 e. The van der Waals surface area contributed by atoms with Gasteiger partial charge >= 0.3 is 0 Å². The zero-order chi connectivity index (χ0) is 15.1. The first-order valence-corrected chi connectivity index (χ1v) is 7.57. The molecule has 1 atom stereocenters. The Hall–Kier alpha value is -2.67. The van der Waals surface area contributed by atoms with Crippen LogP contribution in [-0.4, -0.2) is 10.9 Å². The second kappa shape index (κ2) is 4.96. The van der Waals surface area contributed by atoms with Gasteiger partial charge in [-0.2, -0.15) is 0 Å². The molecule has 1 aliphatic heterocycles. The summed E-state index contributed by atoms with van der Waals surface area (Å²) in [4.78, 5) is 20.6. The number of nitrogens with one attached hydrogen (secondary N) is 1. The summed E-state index contributed by atoms with van der Waals surface area (Å²) in [6.45, 7) is 7.16. The van der Waals surface area contributed by atoms with E-state index in [0.717, 1.165) is 35.5 Å². The zero-order valence-corrected chi connectivity index (χ0v) is 12.1. The van der Waals surface area contributed by atoms with Crippen LogP contribution < -0.4 is 5.32 Å². The molecule has 0 saturated carbocycles. The molecule has 4 nitrogen and oxygen atoms in total. The molecule has 2 heterocycles. The maximum Gasteiger partial charge on any atom is 0.238 e. The second-order valence-electron chi connectivity index (χ2n) is 5.85. The summed E-state index contributed by atoms with van der Waals surface area (Å²) in [5, 5.41) is 2.90. The summed E-state index contributed by atoms with van der Waals surface area (Å²) in [7, 11) is 0. The SMILES string of the molecule is [C-]#[N+]c1ccc2c(c1)C(c1ccc3c(n1)CCCC3)C(=O)N2. The molecule has 1 amide bonds. The van der Waals surface area contributed by atoms with Gasteiger partial charge in [0.05, 0.1) is 12.3 Å². The van der Waals surface area contributed by atoms with Crippen LogP contribution >= 0.6 is 0 Å². The number of hydrogen-bond donors (Lipinski definition) is 1. The number of anilines is 1. The Bertz CT molecular complexity index is 820. The number of carbonyl (C=O) groups excluding carboxylic acids is 1. The first-order valence-electron chi connectivity index (χ1n) is 7.57. The van der Waals surface area contributed by atoms with E-state index in [1.54, 1.807) is 18.2 Å². The number of hydrogen-bond acceptors (Lipinski definition) is 2. The quantitative estimate of drug-likeness (QED) is 0.815. The van der Waals surface area contributed by atoms with Crippen molar-refractivity contribution in [3.63, 3.8) is 0 Å². The second-order valence-corrected chi connectivity index (χ2v) is 5.85. The first kappa shape index (κ1) is 13.0. The summed E-state index contributed by atoms with van der Waals surface area (Å²) in [6.07, 6.45) is 4.46. The maximum absolute atomic E-state index is 12.4. The van der Waals surface area contributed by atoms with Gasteiger partial charge in [-0.1, -0.05) is 18.2 Å². The number of carbonyl (C=O) groups is 1. The standard InChI is InChI=1S/C18H15N3O/c1-19-12-7-9-15-13(10-12)17(18(22)21-15)16-8-6-11-4-2-3-5-14(11)20-16/h6-10,17H,2-5H2,(H,21,22). The number of pyridine rings is 1. The minimum atomic E-state index is -0.399. The van der Waals surface area contributed by atoms with Crippen molar-refractivity contribution < 1.29 is 4.79 Å². The van der Waals surface area contributed by atoms with Crippen LogP contribution in [0.3, 0.4) is 0 Å². The van der Waals surface area contributed by atoms with Gasteiger partial charge < -0.3 is 5.32 Å². The zero-order valence-electron chi connectivity index (χ0n) is 12.1. The molecule has 2 aromatic rings. The summed E-state index contributed by atoms with van der Waals surface area (Å²) in [5.41, 5.74) is 5.44. The van der Waals surface area contributed by atoms with E-state index in [9.17, 15) is 4.79 Å². The van der Waals surface area contributed by atoms with Gasteiger partial charge in [-0.3, -0.25) is 9.78 Å². The fourth-order valence-electron chi connectivity index (χ4n) is 3.37. The Labute approximate surface area is 129 Å². The summed E-state index contributed by atoms with van der Waals surface area (Å²) in [5.74, 6) is -0.454. The number of amides is 1. The number of rotatable bonds is 1. The molecule has 0 bridgehead atoms. The molecule has 0 saturated heterocycles. The number of aromatic nitrogens is 1. The van der Waals surface area contributed by atoms with E-state index in [-0.39, 0.29) is 5.91 Å². The van der Waals surface area contributed by atoms with Crippen molar-refractivity contribution in [3.05, 3.63) is 64.3 Å². The Kier molecular flexibility index (Phi) is 2.93. The molecule has 0 fully saturated rings. The van der Waals surface area contributed by atoms with Gasteiger partial charge in [0.2, 0.25) is 5.91 Å². The van der Waals surface area contributed by atoms with E-state index in [4.69, 9.17) is 11.6 Å². The maximum atomic E-state index is 12.4. The van der Waals surface area contributed by atoms with E-state index in [0.29, 0.717) is 5.69 Å². The normalized spacial score (nSPS) is 19.0. The van der Waals surface area contributed by atoms with Crippen LogP contribution in [0, 0.1) is 6.57 Å². The predicted molar refractivity (Wildman–Crippen MR) is 84.1 cm³/mol. The van der Waals surface area contributed by atoms with Crippen LogP contribution in [-0.2, 0) is 17.6 Å². The highest BCUT2D eigenvalue weighted by Crippen LogP contribution is 2.39. The molecule has 1 aliphatic carbocycles. The smallest absolute Gasteiger partial charge is 0.238 e. The largest absolute Gasteiger partial charge is 0.325 e. The lowest BCUT2D eigenvalue weighted by Crippen LogP contribution is -2.16. The van der Waals surface area contributed by atoms with Crippen molar-refractivity contribution in [2.45, 2.75) is 31.6 Å². The predicted octanol–water partition coefficient (Wildman–Crippen LogP) is 3.60. The van der Waals surface area contributed by atoms with Gasteiger partial charge in [-0.25, -0.2) is 4.85 Å². The van der Waals surface area contributed by atoms with E-state index in [2.05, 4.69) is 16.2 Å². The molecule has 1 aromatic heterocycles. The van der Waals surface area contributed by atoms with Crippen LogP contribution in [0.2, 0.25) is 0 Å². The Morgan fingerprint density at radius 3 is 2.91 bits per heavy atom.